The molecule has 2 aromatic rings. The van der Waals surface area contributed by atoms with Crippen molar-refractivity contribution in [2.75, 3.05) is 23.3 Å². The maximum atomic E-state index is 14.5. The van der Waals surface area contributed by atoms with Crippen LogP contribution in [0, 0.1) is 5.82 Å². The van der Waals surface area contributed by atoms with Crippen molar-refractivity contribution in [1.82, 2.24) is 9.97 Å². The molecular formula is C17H19FN4O2. The second-order valence-corrected chi connectivity index (χ2v) is 5.87. The minimum Gasteiger partial charge on any atom is -0.372 e. The molecule has 1 saturated heterocycles. The number of ether oxygens (including phenoxy) is 1. The number of anilines is 2. The number of amides is 1. The molecule has 2 atom stereocenters. The number of carbonyl (C=O) groups is 1. The van der Waals surface area contributed by atoms with Gasteiger partial charge in [0.25, 0.3) is 5.91 Å². The fourth-order valence-corrected chi connectivity index (χ4v) is 2.83. The summed E-state index contributed by atoms with van der Waals surface area (Å²) in [7, 11) is 0. The van der Waals surface area contributed by atoms with E-state index >= 15 is 0 Å². The highest BCUT2D eigenvalue weighted by Crippen LogP contribution is 2.26. The van der Waals surface area contributed by atoms with Crippen LogP contribution in [-0.4, -0.2) is 41.2 Å². The van der Waals surface area contributed by atoms with Gasteiger partial charge in [-0.15, -0.1) is 0 Å². The number of rotatable bonds is 3. The lowest BCUT2D eigenvalue weighted by Gasteiger charge is -2.37. The molecular weight excluding hydrogens is 311 g/mol. The van der Waals surface area contributed by atoms with Gasteiger partial charge in [-0.3, -0.25) is 9.78 Å². The Bertz CT molecular complexity index is 716. The Hall–Kier alpha value is -2.54. The Morgan fingerprint density at radius 3 is 2.67 bits per heavy atom. The summed E-state index contributed by atoms with van der Waals surface area (Å²) in [6.07, 6.45) is 4.36. The van der Waals surface area contributed by atoms with Crippen LogP contribution in [0.5, 0.6) is 0 Å². The van der Waals surface area contributed by atoms with Gasteiger partial charge in [0, 0.05) is 31.2 Å². The molecule has 0 spiro atoms. The number of halogens is 1. The molecule has 1 aromatic heterocycles. The molecule has 1 N–H and O–H groups in total. The first kappa shape index (κ1) is 16.3. The lowest BCUT2D eigenvalue weighted by atomic mass is 10.2. The summed E-state index contributed by atoms with van der Waals surface area (Å²) in [5.74, 6) is -0.808. The van der Waals surface area contributed by atoms with Gasteiger partial charge in [-0.2, -0.15) is 0 Å². The van der Waals surface area contributed by atoms with Gasteiger partial charge in [-0.1, -0.05) is 0 Å². The van der Waals surface area contributed by atoms with E-state index in [4.69, 9.17) is 4.74 Å². The van der Waals surface area contributed by atoms with Gasteiger partial charge in [0.05, 0.1) is 24.1 Å². The number of aromatic nitrogens is 2. The van der Waals surface area contributed by atoms with E-state index in [2.05, 4.69) is 15.3 Å². The van der Waals surface area contributed by atoms with Crippen LogP contribution in [0.25, 0.3) is 0 Å². The highest BCUT2D eigenvalue weighted by molar-refractivity contribution is 6.02. The highest BCUT2D eigenvalue weighted by atomic mass is 19.1. The van der Waals surface area contributed by atoms with Crippen molar-refractivity contribution in [3.05, 3.63) is 48.3 Å². The monoisotopic (exact) mass is 330 g/mol. The van der Waals surface area contributed by atoms with Gasteiger partial charge >= 0.3 is 0 Å². The van der Waals surface area contributed by atoms with Crippen molar-refractivity contribution < 1.29 is 13.9 Å². The molecule has 1 amide bonds. The zero-order chi connectivity index (χ0) is 17.1. The molecule has 0 radical (unpaired) electrons. The third-order valence-corrected chi connectivity index (χ3v) is 3.76. The number of nitrogens with zero attached hydrogens (tertiary/aromatic N) is 3. The first-order valence-electron chi connectivity index (χ1n) is 7.80. The van der Waals surface area contributed by atoms with Crippen molar-refractivity contribution >= 4 is 17.3 Å². The van der Waals surface area contributed by atoms with Crippen LogP contribution in [0.2, 0.25) is 0 Å². The van der Waals surface area contributed by atoms with Gasteiger partial charge in [-0.25, -0.2) is 9.37 Å². The Labute approximate surface area is 139 Å². The minimum atomic E-state index is -0.427. The van der Waals surface area contributed by atoms with Gasteiger partial charge in [0.2, 0.25) is 0 Å². The van der Waals surface area contributed by atoms with E-state index in [1.807, 2.05) is 18.7 Å². The Morgan fingerprint density at radius 1 is 1.29 bits per heavy atom. The smallest absolute Gasteiger partial charge is 0.275 e. The van der Waals surface area contributed by atoms with Gasteiger partial charge < -0.3 is 15.0 Å². The number of benzene rings is 1. The molecule has 2 heterocycles. The van der Waals surface area contributed by atoms with Crippen LogP contribution in [-0.2, 0) is 4.74 Å². The summed E-state index contributed by atoms with van der Waals surface area (Å²) >= 11 is 0. The number of nitrogens with one attached hydrogen (secondary N) is 1. The summed E-state index contributed by atoms with van der Waals surface area (Å²) in [6.45, 7) is 5.20. The van der Waals surface area contributed by atoms with Crippen molar-refractivity contribution in [1.29, 1.82) is 0 Å². The molecule has 0 bridgehead atoms. The third-order valence-electron chi connectivity index (χ3n) is 3.76. The molecule has 24 heavy (non-hydrogen) atoms. The van der Waals surface area contributed by atoms with Crippen LogP contribution in [0.15, 0.2) is 36.8 Å². The van der Waals surface area contributed by atoms with E-state index in [0.29, 0.717) is 24.5 Å². The van der Waals surface area contributed by atoms with Crippen molar-refractivity contribution in [2.45, 2.75) is 26.1 Å². The average molecular weight is 330 g/mol. The van der Waals surface area contributed by atoms with E-state index in [9.17, 15) is 9.18 Å². The Kier molecular flexibility index (Phi) is 4.71. The van der Waals surface area contributed by atoms with E-state index in [0.717, 1.165) is 0 Å². The van der Waals surface area contributed by atoms with E-state index in [1.54, 1.807) is 12.1 Å². The second kappa shape index (κ2) is 6.92. The first-order valence-corrected chi connectivity index (χ1v) is 7.80. The Balaban J connectivity index is 1.74. The normalized spacial score (nSPS) is 20.7. The van der Waals surface area contributed by atoms with Crippen LogP contribution < -0.4 is 10.2 Å². The summed E-state index contributed by atoms with van der Waals surface area (Å²) in [5.41, 5.74) is 1.06. The molecule has 0 saturated carbocycles. The number of hydrogen-bond donors (Lipinski definition) is 1. The number of carbonyl (C=O) groups excluding carboxylic acids is 1. The number of morpholine rings is 1. The largest absolute Gasteiger partial charge is 0.372 e. The van der Waals surface area contributed by atoms with Crippen LogP contribution in [0.4, 0.5) is 15.8 Å². The van der Waals surface area contributed by atoms with E-state index in [1.165, 1.54) is 24.7 Å². The van der Waals surface area contributed by atoms with Crippen molar-refractivity contribution in [3.8, 4) is 0 Å². The van der Waals surface area contributed by atoms with Crippen LogP contribution in [0.3, 0.4) is 0 Å². The molecule has 7 heteroatoms. The molecule has 6 nitrogen and oxygen atoms in total. The zero-order valence-corrected chi connectivity index (χ0v) is 13.6. The van der Waals surface area contributed by atoms with E-state index in [-0.39, 0.29) is 23.7 Å². The zero-order valence-electron chi connectivity index (χ0n) is 13.6. The fourth-order valence-electron chi connectivity index (χ4n) is 2.83. The van der Waals surface area contributed by atoms with Gasteiger partial charge in [0.1, 0.15) is 11.5 Å². The SMILES string of the molecule is CC1CN(c2ccc(NC(=O)c3cnccn3)cc2F)CC(C)O1. The molecule has 126 valence electrons. The first-order chi connectivity index (χ1) is 11.5. The van der Waals surface area contributed by atoms with Crippen molar-refractivity contribution in [3.63, 3.8) is 0 Å². The highest BCUT2D eigenvalue weighted by Gasteiger charge is 2.24. The van der Waals surface area contributed by atoms with Gasteiger partial charge in [0.15, 0.2) is 0 Å². The molecule has 3 rings (SSSR count). The van der Waals surface area contributed by atoms with Crippen LogP contribution in [0.1, 0.15) is 24.3 Å². The predicted octanol–water partition coefficient (Wildman–Crippen LogP) is 2.48. The summed E-state index contributed by atoms with van der Waals surface area (Å²) in [4.78, 5) is 21.7. The topological polar surface area (TPSA) is 67.4 Å². The quantitative estimate of drug-likeness (QED) is 0.936. The molecule has 1 fully saturated rings. The lowest BCUT2D eigenvalue weighted by molar-refractivity contribution is -0.00539. The number of hydrogen-bond acceptors (Lipinski definition) is 5. The summed E-state index contributed by atoms with van der Waals surface area (Å²) in [5, 5.41) is 2.62. The fraction of sp³-hybridized carbons (Fsp3) is 0.353. The summed E-state index contributed by atoms with van der Waals surface area (Å²) < 4.78 is 20.1. The molecule has 2 unspecified atom stereocenters. The molecule has 1 aromatic carbocycles. The van der Waals surface area contributed by atoms with Gasteiger partial charge in [-0.05, 0) is 32.0 Å². The Morgan fingerprint density at radius 2 is 2.04 bits per heavy atom. The average Bonchev–Trinajstić information content (AvgIpc) is 2.55. The van der Waals surface area contributed by atoms with Crippen molar-refractivity contribution in [2.24, 2.45) is 0 Å². The molecule has 1 aliphatic rings. The molecule has 1 aliphatic heterocycles. The van der Waals surface area contributed by atoms with E-state index < -0.39 is 5.91 Å². The standard InChI is InChI=1S/C17H19FN4O2/c1-11-9-22(10-12(2)24-11)16-4-3-13(7-14(16)18)21-17(23)15-8-19-5-6-20-15/h3-8,11-12H,9-10H2,1-2H3,(H,21,23). The maximum absolute atomic E-state index is 14.5. The summed E-state index contributed by atoms with van der Waals surface area (Å²) in [6, 6.07) is 4.66. The molecule has 0 aliphatic carbocycles. The second-order valence-electron chi connectivity index (χ2n) is 5.87. The maximum Gasteiger partial charge on any atom is 0.275 e. The lowest BCUT2D eigenvalue weighted by Crippen LogP contribution is -2.45. The minimum absolute atomic E-state index is 0.0455. The van der Waals surface area contributed by atoms with Crippen LogP contribution >= 0.6 is 0 Å². The third kappa shape index (κ3) is 3.68. The predicted molar refractivity (Wildman–Crippen MR) is 88.6 cm³/mol.